The smallest absolute Gasteiger partial charge is 0.0229 e. The molecule has 1 aromatic rings. The third-order valence-electron chi connectivity index (χ3n) is 2.52. The SMILES string of the molecule is NC1C=CC(CNCc2ccsc2)C1. The first-order valence-electron chi connectivity index (χ1n) is 5.00. The minimum atomic E-state index is 0.281. The number of nitrogens with one attached hydrogen (secondary N) is 1. The highest BCUT2D eigenvalue weighted by molar-refractivity contribution is 7.07. The summed E-state index contributed by atoms with van der Waals surface area (Å²) in [7, 11) is 0. The van der Waals surface area contributed by atoms with Crippen LogP contribution in [-0.2, 0) is 6.54 Å². The van der Waals surface area contributed by atoms with Crippen LogP contribution in [0.5, 0.6) is 0 Å². The molecule has 2 atom stereocenters. The standard InChI is InChI=1S/C11H16N2S/c12-11-2-1-9(5-11)6-13-7-10-3-4-14-8-10/h1-4,8-9,11,13H,5-7,12H2. The van der Waals surface area contributed by atoms with Gasteiger partial charge in [-0.05, 0) is 34.7 Å². The molecule has 14 heavy (non-hydrogen) atoms. The van der Waals surface area contributed by atoms with Crippen molar-refractivity contribution >= 4 is 11.3 Å². The zero-order valence-electron chi connectivity index (χ0n) is 8.15. The van der Waals surface area contributed by atoms with Crippen molar-refractivity contribution < 1.29 is 0 Å². The van der Waals surface area contributed by atoms with Crippen LogP contribution in [0.1, 0.15) is 12.0 Å². The highest BCUT2D eigenvalue weighted by Crippen LogP contribution is 2.15. The Hall–Kier alpha value is -0.640. The molecule has 0 fully saturated rings. The molecular formula is C11H16N2S. The number of nitrogens with two attached hydrogens (primary N) is 1. The second-order valence-corrected chi connectivity index (χ2v) is 4.59. The summed E-state index contributed by atoms with van der Waals surface area (Å²) in [4.78, 5) is 0. The Morgan fingerprint density at radius 3 is 3.07 bits per heavy atom. The lowest BCUT2D eigenvalue weighted by molar-refractivity contribution is 0.528. The van der Waals surface area contributed by atoms with E-state index in [1.165, 1.54) is 5.56 Å². The summed E-state index contributed by atoms with van der Waals surface area (Å²) in [5.41, 5.74) is 7.15. The summed E-state index contributed by atoms with van der Waals surface area (Å²) in [5.74, 6) is 0.628. The fourth-order valence-electron chi connectivity index (χ4n) is 1.75. The van der Waals surface area contributed by atoms with Crippen LogP contribution in [0.25, 0.3) is 0 Å². The van der Waals surface area contributed by atoms with E-state index in [0.717, 1.165) is 19.5 Å². The molecule has 0 spiro atoms. The summed E-state index contributed by atoms with van der Waals surface area (Å²) in [6, 6.07) is 2.44. The minimum absolute atomic E-state index is 0.281. The van der Waals surface area contributed by atoms with Crippen molar-refractivity contribution in [2.24, 2.45) is 11.7 Å². The van der Waals surface area contributed by atoms with Crippen molar-refractivity contribution in [2.75, 3.05) is 6.54 Å². The van der Waals surface area contributed by atoms with Crippen LogP contribution >= 0.6 is 11.3 Å². The van der Waals surface area contributed by atoms with Crippen LogP contribution in [-0.4, -0.2) is 12.6 Å². The predicted octanol–water partition coefficient (Wildman–Crippen LogP) is 1.74. The molecule has 0 radical (unpaired) electrons. The predicted molar refractivity (Wildman–Crippen MR) is 61.2 cm³/mol. The van der Waals surface area contributed by atoms with Gasteiger partial charge in [0.25, 0.3) is 0 Å². The van der Waals surface area contributed by atoms with E-state index < -0.39 is 0 Å². The third kappa shape index (κ3) is 2.67. The molecule has 0 saturated carbocycles. The maximum absolute atomic E-state index is 5.78. The van der Waals surface area contributed by atoms with Gasteiger partial charge < -0.3 is 11.1 Å². The molecule has 1 aliphatic carbocycles. The molecule has 2 rings (SSSR count). The summed E-state index contributed by atoms with van der Waals surface area (Å²) < 4.78 is 0. The lowest BCUT2D eigenvalue weighted by Gasteiger charge is -2.09. The highest BCUT2D eigenvalue weighted by atomic mass is 32.1. The Bertz CT molecular complexity index is 292. The molecular weight excluding hydrogens is 192 g/mol. The fourth-order valence-corrected chi connectivity index (χ4v) is 2.42. The maximum Gasteiger partial charge on any atom is 0.0229 e. The van der Waals surface area contributed by atoms with Gasteiger partial charge in [0.05, 0.1) is 0 Å². The Morgan fingerprint density at radius 2 is 2.43 bits per heavy atom. The van der Waals surface area contributed by atoms with Gasteiger partial charge in [0, 0.05) is 19.1 Å². The molecule has 0 aliphatic heterocycles. The Labute approximate surface area is 88.8 Å². The number of thiophene rings is 1. The Balaban J connectivity index is 1.66. The zero-order valence-corrected chi connectivity index (χ0v) is 8.96. The summed E-state index contributed by atoms with van der Waals surface area (Å²) in [6.45, 7) is 2.02. The monoisotopic (exact) mass is 208 g/mol. The van der Waals surface area contributed by atoms with Crippen LogP contribution < -0.4 is 11.1 Å². The van der Waals surface area contributed by atoms with Gasteiger partial charge >= 0.3 is 0 Å². The van der Waals surface area contributed by atoms with E-state index >= 15 is 0 Å². The summed E-state index contributed by atoms with van der Waals surface area (Å²) >= 11 is 1.75. The van der Waals surface area contributed by atoms with Gasteiger partial charge in [0.2, 0.25) is 0 Å². The van der Waals surface area contributed by atoms with E-state index in [9.17, 15) is 0 Å². The summed E-state index contributed by atoms with van der Waals surface area (Å²) in [5, 5.41) is 7.75. The molecule has 0 aromatic carbocycles. The normalized spacial score (nSPS) is 25.8. The second-order valence-electron chi connectivity index (χ2n) is 3.81. The van der Waals surface area contributed by atoms with Gasteiger partial charge in [-0.25, -0.2) is 0 Å². The molecule has 76 valence electrons. The van der Waals surface area contributed by atoms with Crippen molar-refractivity contribution in [1.29, 1.82) is 0 Å². The molecule has 2 nitrogen and oxygen atoms in total. The molecule has 1 aliphatic rings. The van der Waals surface area contributed by atoms with Crippen LogP contribution in [0.2, 0.25) is 0 Å². The molecule has 0 bridgehead atoms. The number of hydrogen-bond donors (Lipinski definition) is 2. The molecule has 0 saturated heterocycles. The minimum Gasteiger partial charge on any atom is -0.324 e. The fraction of sp³-hybridized carbons (Fsp3) is 0.455. The van der Waals surface area contributed by atoms with Crippen LogP contribution in [0, 0.1) is 5.92 Å². The van der Waals surface area contributed by atoms with Crippen LogP contribution in [0.4, 0.5) is 0 Å². The van der Waals surface area contributed by atoms with Crippen LogP contribution in [0.3, 0.4) is 0 Å². The van der Waals surface area contributed by atoms with Gasteiger partial charge in [-0.15, -0.1) is 0 Å². The molecule has 0 amide bonds. The van der Waals surface area contributed by atoms with E-state index in [2.05, 4.69) is 34.3 Å². The Morgan fingerprint density at radius 1 is 1.50 bits per heavy atom. The van der Waals surface area contributed by atoms with Gasteiger partial charge in [-0.1, -0.05) is 12.2 Å². The topological polar surface area (TPSA) is 38.0 Å². The van der Waals surface area contributed by atoms with Crippen molar-refractivity contribution in [2.45, 2.75) is 19.0 Å². The molecule has 2 unspecified atom stereocenters. The largest absolute Gasteiger partial charge is 0.324 e. The van der Waals surface area contributed by atoms with E-state index in [1.54, 1.807) is 11.3 Å². The van der Waals surface area contributed by atoms with Gasteiger partial charge in [0.15, 0.2) is 0 Å². The zero-order chi connectivity index (χ0) is 9.80. The van der Waals surface area contributed by atoms with Crippen molar-refractivity contribution in [3.05, 3.63) is 34.5 Å². The van der Waals surface area contributed by atoms with E-state index in [1.807, 2.05) is 0 Å². The average Bonchev–Trinajstić information content (AvgIpc) is 2.77. The second kappa shape index (κ2) is 4.73. The first kappa shape index (κ1) is 9.90. The van der Waals surface area contributed by atoms with E-state index in [-0.39, 0.29) is 6.04 Å². The molecule has 3 N–H and O–H groups in total. The van der Waals surface area contributed by atoms with E-state index in [4.69, 9.17) is 5.73 Å². The average molecular weight is 208 g/mol. The Kier molecular flexibility index (Phi) is 3.35. The van der Waals surface area contributed by atoms with Crippen molar-refractivity contribution in [3.8, 4) is 0 Å². The van der Waals surface area contributed by atoms with Crippen molar-refractivity contribution in [3.63, 3.8) is 0 Å². The van der Waals surface area contributed by atoms with Crippen molar-refractivity contribution in [1.82, 2.24) is 5.32 Å². The first-order chi connectivity index (χ1) is 6.84. The lowest BCUT2D eigenvalue weighted by atomic mass is 10.1. The molecule has 1 aromatic heterocycles. The summed E-state index contributed by atoms with van der Waals surface area (Å²) in [6.07, 6.45) is 5.43. The number of rotatable bonds is 4. The first-order valence-corrected chi connectivity index (χ1v) is 5.94. The van der Waals surface area contributed by atoms with Gasteiger partial charge in [-0.3, -0.25) is 0 Å². The van der Waals surface area contributed by atoms with E-state index in [0.29, 0.717) is 5.92 Å². The van der Waals surface area contributed by atoms with Gasteiger partial charge in [-0.2, -0.15) is 11.3 Å². The molecule has 3 heteroatoms. The van der Waals surface area contributed by atoms with Crippen LogP contribution in [0.15, 0.2) is 29.0 Å². The maximum atomic E-state index is 5.78. The quantitative estimate of drug-likeness (QED) is 0.740. The highest BCUT2D eigenvalue weighted by Gasteiger charge is 2.14. The lowest BCUT2D eigenvalue weighted by Crippen LogP contribution is -2.23. The third-order valence-corrected chi connectivity index (χ3v) is 3.25. The number of hydrogen-bond acceptors (Lipinski definition) is 3. The molecule has 1 heterocycles. The van der Waals surface area contributed by atoms with Gasteiger partial charge in [0.1, 0.15) is 0 Å².